The van der Waals surface area contributed by atoms with Crippen LogP contribution in [0.25, 0.3) is 0 Å². The summed E-state index contributed by atoms with van der Waals surface area (Å²) < 4.78 is 23.5. The maximum atomic E-state index is 11.8. The summed E-state index contributed by atoms with van der Waals surface area (Å²) >= 11 is 0. The average molecular weight is 878 g/mol. The van der Waals surface area contributed by atoms with Gasteiger partial charge in [0.1, 0.15) is 0 Å². The van der Waals surface area contributed by atoms with E-state index in [0.29, 0.717) is 24.0 Å². The number of benzene rings is 2. The molecule has 0 fully saturated rings. The molecule has 0 aliphatic rings. The Morgan fingerprint density at radius 3 is 0.852 bits per heavy atom. The average Bonchev–Trinajstić information content (AvgIpc) is 3.05. The summed E-state index contributed by atoms with van der Waals surface area (Å²) in [5.74, 6) is 0. The largest absolute Gasteiger partial charge is 2.00 e. The predicted molar refractivity (Wildman–Crippen MR) is 215 cm³/mol. The van der Waals surface area contributed by atoms with E-state index < -0.39 is 26.5 Å². The molecule has 0 aromatic heterocycles. The smallest absolute Gasteiger partial charge is 0.810 e. The van der Waals surface area contributed by atoms with Crippen LogP contribution in [0.2, 0.25) is 0 Å². The molecule has 2 unspecified atom stereocenters. The zero-order valence-electron chi connectivity index (χ0n) is 34.9. The summed E-state index contributed by atoms with van der Waals surface area (Å²) in [6, 6.07) is 15.1. The molecule has 0 saturated carbocycles. The van der Waals surface area contributed by atoms with Crippen molar-refractivity contribution in [3.63, 3.8) is 0 Å². The molecule has 0 aliphatic carbocycles. The Morgan fingerprint density at radius 2 is 0.648 bits per heavy atom. The van der Waals surface area contributed by atoms with Crippen molar-refractivity contribution in [1.29, 1.82) is 0 Å². The van der Waals surface area contributed by atoms with E-state index in [1.807, 2.05) is 48.5 Å². The monoisotopic (exact) mass is 876 g/mol. The standard InChI is InChI=1S/2C22H39O3P.2Ni/c2*1-5-6-7-8-9-10-11-12-13-14-21(26(23,24)25)19-15-17-20(18-16-19)22(2,3)4;;/h2*15-18,21H,5-14H2,1-4H3,(H2,23,24,25);;/q;;2*+2/p-4. The van der Waals surface area contributed by atoms with Crippen molar-refractivity contribution in [2.75, 3.05) is 0 Å². The Bertz CT molecular complexity index is 1190. The van der Waals surface area contributed by atoms with Crippen molar-refractivity contribution >= 4 is 15.2 Å². The Balaban J connectivity index is 0. The van der Waals surface area contributed by atoms with Gasteiger partial charge in [0.25, 0.3) is 0 Å². The van der Waals surface area contributed by atoms with Gasteiger partial charge < -0.3 is 28.7 Å². The summed E-state index contributed by atoms with van der Waals surface area (Å²) in [4.78, 5) is 47.0. The zero-order chi connectivity index (χ0) is 39.3. The van der Waals surface area contributed by atoms with Crippen LogP contribution in [0.15, 0.2) is 48.5 Å². The second kappa shape index (κ2) is 29.0. The molecule has 0 saturated heterocycles. The molecule has 0 aliphatic heterocycles. The maximum absolute atomic E-state index is 11.8. The number of hydrogen-bond acceptors (Lipinski definition) is 6. The fourth-order valence-corrected chi connectivity index (χ4v) is 8.79. The van der Waals surface area contributed by atoms with Gasteiger partial charge in [0.05, 0.1) is 0 Å². The Kier molecular flexibility index (Phi) is 30.0. The molecule has 0 spiro atoms. The molecule has 2 atom stereocenters. The minimum Gasteiger partial charge on any atom is -0.810 e. The van der Waals surface area contributed by atoms with Crippen molar-refractivity contribution in [3.05, 3.63) is 70.8 Å². The molecular formula is C44H74Ni2O6P2. The third kappa shape index (κ3) is 24.5. The second-order valence-electron chi connectivity index (χ2n) is 17.1. The molecule has 0 radical (unpaired) electrons. The molecule has 54 heavy (non-hydrogen) atoms. The van der Waals surface area contributed by atoms with E-state index >= 15 is 0 Å². The molecule has 0 amide bonds. The van der Waals surface area contributed by atoms with Crippen molar-refractivity contribution in [1.82, 2.24) is 0 Å². The van der Waals surface area contributed by atoms with Crippen molar-refractivity contribution in [3.8, 4) is 0 Å². The quantitative estimate of drug-likeness (QED) is 0.0587. The van der Waals surface area contributed by atoms with E-state index in [4.69, 9.17) is 0 Å². The summed E-state index contributed by atoms with van der Waals surface area (Å²) in [7, 11) is -9.26. The number of hydrogen-bond donors (Lipinski definition) is 0. The Labute approximate surface area is 351 Å². The van der Waals surface area contributed by atoms with Crippen LogP contribution in [0.4, 0.5) is 0 Å². The molecule has 316 valence electrons. The molecule has 2 aromatic rings. The molecule has 10 heteroatoms. The first-order valence-electron chi connectivity index (χ1n) is 20.6. The third-order valence-corrected chi connectivity index (χ3v) is 12.9. The molecular weight excluding hydrogens is 804 g/mol. The first-order chi connectivity index (χ1) is 24.3. The second-order valence-corrected chi connectivity index (χ2v) is 20.5. The SMILES string of the molecule is CCCCCCCCCCCC(c1ccc(C(C)(C)C)cc1)P(=O)([O-])[O-].CCCCCCCCCCCC(c1ccc(C(C)(C)C)cc1)P(=O)([O-])[O-].[Ni+2].[Ni+2]. The van der Waals surface area contributed by atoms with Crippen LogP contribution in [0.5, 0.6) is 0 Å². The van der Waals surface area contributed by atoms with Crippen molar-refractivity contribution in [2.24, 2.45) is 0 Å². The van der Waals surface area contributed by atoms with E-state index in [1.165, 1.54) is 77.0 Å². The minimum atomic E-state index is -4.63. The fourth-order valence-electron chi connectivity index (χ4n) is 6.72. The summed E-state index contributed by atoms with van der Waals surface area (Å²) in [6.07, 6.45) is 22.1. The van der Waals surface area contributed by atoms with E-state index in [2.05, 4.69) is 55.4 Å². The maximum Gasteiger partial charge on any atom is 2.00 e. The minimum absolute atomic E-state index is 0. The van der Waals surface area contributed by atoms with Crippen LogP contribution in [0.3, 0.4) is 0 Å². The summed E-state index contributed by atoms with van der Waals surface area (Å²) in [6.45, 7) is 17.2. The van der Waals surface area contributed by atoms with Gasteiger partial charge in [-0.05, 0) is 45.9 Å². The van der Waals surface area contributed by atoms with Crippen molar-refractivity contribution < 1.29 is 61.7 Å². The van der Waals surface area contributed by atoms with E-state index in [0.717, 1.165) is 49.7 Å². The fraction of sp³-hybridized carbons (Fsp3) is 0.727. The normalized spacial score (nSPS) is 13.3. The van der Waals surface area contributed by atoms with Gasteiger partial charge in [-0.3, -0.25) is 0 Å². The molecule has 2 aromatic carbocycles. The molecule has 6 nitrogen and oxygen atoms in total. The van der Waals surface area contributed by atoms with E-state index in [9.17, 15) is 28.7 Å². The third-order valence-electron chi connectivity index (χ3n) is 10.2. The van der Waals surface area contributed by atoms with E-state index in [1.54, 1.807) is 0 Å². The van der Waals surface area contributed by atoms with Crippen LogP contribution in [-0.2, 0) is 52.9 Å². The van der Waals surface area contributed by atoms with Gasteiger partial charge in [-0.25, -0.2) is 0 Å². The molecule has 0 heterocycles. The van der Waals surface area contributed by atoms with Crippen LogP contribution < -0.4 is 19.6 Å². The first-order valence-corrected chi connectivity index (χ1v) is 23.8. The van der Waals surface area contributed by atoms with Gasteiger partial charge in [-0.15, -0.1) is 0 Å². The van der Waals surface area contributed by atoms with Crippen LogP contribution in [0, 0.1) is 0 Å². The molecule has 0 N–H and O–H groups in total. The zero-order valence-corrected chi connectivity index (χ0v) is 38.7. The van der Waals surface area contributed by atoms with Gasteiger partial charge in [0, 0.05) is 11.3 Å². The summed E-state index contributed by atoms with van der Waals surface area (Å²) in [5, 5.41) is 0. The Morgan fingerprint density at radius 1 is 0.426 bits per heavy atom. The summed E-state index contributed by atoms with van der Waals surface area (Å²) in [5.41, 5.74) is 1.84. The molecule has 0 bridgehead atoms. The van der Waals surface area contributed by atoms with Gasteiger partial charge >= 0.3 is 33.0 Å². The number of unbranched alkanes of at least 4 members (excludes halogenated alkanes) is 16. The van der Waals surface area contributed by atoms with Gasteiger partial charge in [-0.1, -0.05) is 235 Å². The van der Waals surface area contributed by atoms with Gasteiger partial charge in [-0.2, -0.15) is 0 Å². The van der Waals surface area contributed by atoms with Gasteiger partial charge in [0.2, 0.25) is 0 Å². The topological polar surface area (TPSA) is 126 Å². The predicted octanol–water partition coefficient (Wildman–Crippen LogP) is 11.7. The van der Waals surface area contributed by atoms with Gasteiger partial charge in [0.15, 0.2) is 0 Å². The van der Waals surface area contributed by atoms with Crippen LogP contribution in [0.1, 0.15) is 217 Å². The molecule has 2 rings (SSSR count). The first kappa shape index (κ1) is 55.8. The number of rotatable bonds is 24. The van der Waals surface area contributed by atoms with Crippen molar-refractivity contribution in [2.45, 2.75) is 206 Å². The van der Waals surface area contributed by atoms with E-state index in [-0.39, 0.29) is 43.8 Å². The van der Waals surface area contributed by atoms with Crippen LogP contribution in [-0.4, -0.2) is 0 Å². The Hall–Kier alpha value is -0.273. The van der Waals surface area contributed by atoms with Crippen LogP contribution >= 0.6 is 15.2 Å².